The molecule has 0 unspecified atom stereocenters. The summed E-state index contributed by atoms with van der Waals surface area (Å²) in [5.41, 5.74) is 2.03. The van der Waals surface area contributed by atoms with E-state index < -0.39 is 0 Å². The highest BCUT2D eigenvalue weighted by atomic mass is 14.1. The molecule has 0 radical (unpaired) electrons. The average Bonchev–Trinajstić information content (AvgIpc) is 2.58. The monoisotopic (exact) mass is 251 g/mol. The Morgan fingerprint density at radius 3 is 2.42 bits per heavy atom. The number of rotatable bonds is 2. The van der Waals surface area contributed by atoms with E-state index in [9.17, 15) is 0 Å². The Labute approximate surface area is 121 Å². The minimum Gasteiger partial charge on any atom is -0.0622 e. The number of hydrogen-bond donors (Lipinski definition) is 0. The summed E-state index contributed by atoms with van der Waals surface area (Å²) in [5.74, 6) is 0.276. The fourth-order valence-electron chi connectivity index (χ4n) is 2.26. The zero-order valence-electron chi connectivity index (χ0n) is 16.0. The molecule has 0 saturated heterocycles. The third-order valence-electron chi connectivity index (χ3n) is 3.32. The second-order valence-corrected chi connectivity index (χ2v) is 4.94. The third-order valence-corrected chi connectivity index (χ3v) is 3.32. The van der Waals surface area contributed by atoms with Gasteiger partial charge in [-0.1, -0.05) is 80.5 Å². The molecule has 94 valence electrons. The standard InChI is InChI=1S/C19H18/c1-14(2)17-12-16-10-6-7-11-18(16)19(13-17)15-8-4-3-5-9-15/h3-14H,1-2H3/i3D,4D,5D,8D,9D. The first-order valence-electron chi connectivity index (χ1n) is 8.93. The number of benzene rings is 3. The summed E-state index contributed by atoms with van der Waals surface area (Å²) in [5, 5.41) is 1.89. The summed E-state index contributed by atoms with van der Waals surface area (Å²) in [6.07, 6.45) is 0. The van der Waals surface area contributed by atoms with Crippen LogP contribution in [0.4, 0.5) is 0 Å². The van der Waals surface area contributed by atoms with Crippen LogP contribution in [0.2, 0.25) is 0 Å². The summed E-state index contributed by atoms with van der Waals surface area (Å²) >= 11 is 0. The van der Waals surface area contributed by atoms with E-state index in [1.165, 1.54) is 0 Å². The van der Waals surface area contributed by atoms with Gasteiger partial charge in [-0.2, -0.15) is 0 Å². The van der Waals surface area contributed by atoms with Crippen molar-refractivity contribution in [3.63, 3.8) is 0 Å². The van der Waals surface area contributed by atoms with Gasteiger partial charge >= 0.3 is 0 Å². The molecule has 0 heterocycles. The molecular formula is C19H18. The summed E-state index contributed by atoms with van der Waals surface area (Å²) in [6.45, 7) is 4.16. The highest BCUT2D eigenvalue weighted by molar-refractivity contribution is 5.97. The molecule has 0 atom stereocenters. The van der Waals surface area contributed by atoms with Crippen molar-refractivity contribution in [2.45, 2.75) is 19.8 Å². The highest BCUT2D eigenvalue weighted by Gasteiger charge is 2.07. The Morgan fingerprint density at radius 2 is 1.68 bits per heavy atom. The molecule has 0 nitrogen and oxygen atoms in total. The van der Waals surface area contributed by atoms with Gasteiger partial charge in [0, 0.05) is 0 Å². The first-order valence-corrected chi connectivity index (χ1v) is 6.43. The maximum Gasteiger partial charge on any atom is 0.0629 e. The van der Waals surface area contributed by atoms with Crippen LogP contribution in [0.3, 0.4) is 0 Å². The highest BCUT2D eigenvalue weighted by Crippen LogP contribution is 2.32. The molecule has 0 aliphatic heterocycles. The lowest BCUT2D eigenvalue weighted by Crippen LogP contribution is -1.90. The van der Waals surface area contributed by atoms with E-state index >= 15 is 0 Å². The molecule has 0 aromatic heterocycles. The van der Waals surface area contributed by atoms with Gasteiger partial charge in [-0.25, -0.2) is 0 Å². The van der Waals surface area contributed by atoms with Crippen molar-refractivity contribution < 1.29 is 6.85 Å². The van der Waals surface area contributed by atoms with Crippen LogP contribution in [0.5, 0.6) is 0 Å². The van der Waals surface area contributed by atoms with Crippen molar-refractivity contribution in [1.29, 1.82) is 0 Å². The van der Waals surface area contributed by atoms with Crippen LogP contribution < -0.4 is 0 Å². The molecule has 3 rings (SSSR count). The molecule has 0 amide bonds. The molecule has 3 aromatic rings. The van der Waals surface area contributed by atoms with E-state index in [0.29, 0.717) is 5.56 Å². The van der Waals surface area contributed by atoms with Crippen molar-refractivity contribution in [2.75, 3.05) is 0 Å². The Kier molecular flexibility index (Phi) is 1.93. The van der Waals surface area contributed by atoms with Gasteiger partial charge < -0.3 is 0 Å². The lowest BCUT2D eigenvalue weighted by molar-refractivity contribution is 0.869. The van der Waals surface area contributed by atoms with Gasteiger partial charge in [-0.15, -0.1) is 0 Å². The predicted octanol–water partition coefficient (Wildman–Crippen LogP) is 5.63. The van der Waals surface area contributed by atoms with Crippen molar-refractivity contribution in [3.05, 3.63) is 72.2 Å². The fraction of sp³-hybridized carbons (Fsp3) is 0.158. The Bertz CT molecular complexity index is 915. The van der Waals surface area contributed by atoms with Crippen LogP contribution in [0.1, 0.15) is 32.2 Å². The summed E-state index contributed by atoms with van der Waals surface area (Å²) in [6, 6.07) is 10.5. The normalized spacial score (nSPS) is 14.8. The largest absolute Gasteiger partial charge is 0.0629 e. The minimum atomic E-state index is -0.363. The molecule has 0 spiro atoms. The summed E-state index contributed by atoms with van der Waals surface area (Å²) < 4.78 is 40.1. The Morgan fingerprint density at radius 1 is 0.947 bits per heavy atom. The first kappa shape index (κ1) is 7.49. The average molecular weight is 251 g/mol. The van der Waals surface area contributed by atoms with E-state index in [1.54, 1.807) is 0 Å². The summed E-state index contributed by atoms with van der Waals surface area (Å²) in [4.78, 5) is 0. The molecule has 3 aromatic carbocycles. The summed E-state index contributed by atoms with van der Waals surface area (Å²) in [7, 11) is 0. The van der Waals surface area contributed by atoms with Crippen molar-refractivity contribution in [3.8, 4) is 11.1 Å². The molecular weight excluding hydrogens is 228 g/mol. The van der Waals surface area contributed by atoms with Gasteiger partial charge in [-0.3, -0.25) is 0 Å². The van der Waals surface area contributed by atoms with Crippen LogP contribution in [0.25, 0.3) is 21.9 Å². The van der Waals surface area contributed by atoms with Crippen molar-refractivity contribution >= 4 is 10.8 Å². The molecule has 19 heavy (non-hydrogen) atoms. The third kappa shape index (κ3) is 2.26. The van der Waals surface area contributed by atoms with Crippen LogP contribution in [0.15, 0.2) is 66.6 Å². The SMILES string of the molecule is [2H]c1c([2H])c([2H])c(-c2cc(C(C)C)cc3ccccc23)c([2H])c1[2H]. The van der Waals surface area contributed by atoms with E-state index in [2.05, 4.69) is 19.9 Å². The van der Waals surface area contributed by atoms with Crippen LogP contribution in [0, 0.1) is 0 Å². The van der Waals surface area contributed by atoms with Crippen LogP contribution in [-0.2, 0) is 0 Å². The van der Waals surface area contributed by atoms with Gasteiger partial charge in [0.1, 0.15) is 0 Å². The second-order valence-electron chi connectivity index (χ2n) is 4.94. The lowest BCUT2D eigenvalue weighted by atomic mass is 9.92. The lowest BCUT2D eigenvalue weighted by Gasteiger charge is -2.13. The fourth-order valence-corrected chi connectivity index (χ4v) is 2.26. The molecule has 0 bridgehead atoms. The van der Waals surface area contributed by atoms with Gasteiger partial charge in [-0.05, 0) is 33.4 Å². The first-order chi connectivity index (χ1) is 11.3. The van der Waals surface area contributed by atoms with E-state index in [0.717, 1.165) is 16.3 Å². The number of fused-ring (bicyclic) bond motifs is 1. The molecule has 0 heteroatoms. The molecule has 0 fully saturated rings. The Hall–Kier alpha value is -2.08. The van der Waals surface area contributed by atoms with E-state index in [-0.39, 0.29) is 41.7 Å². The van der Waals surface area contributed by atoms with Gasteiger partial charge in [0.05, 0.1) is 6.85 Å². The minimum absolute atomic E-state index is 0.160. The topological polar surface area (TPSA) is 0 Å². The number of hydrogen-bond acceptors (Lipinski definition) is 0. The second kappa shape index (κ2) is 4.89. The maximum atomic E-state index is 8.25. The predicted molar refractivity (Wildman–Crippen MR) is 83.5 cm³/mol. The van der Waals surface area contributed by atoms with Crippen LogP contribution in [-0.4, -0.2) is 0 Å². The van der Waals surface area contributed by atoms with Gasteiger partial charge in [0.25, 0.3) is 0 Å². The maximum absolute atomic E-state index is 8.25. The van der Waals surface area contributed by atoms with Crippen LogP contribution >= 0.6 is 0 Å². The molecule has 0 aliphatic rings. The molecule has 0 aliphatic carbocycles. The van der Waals surface area contributed by atoms with E-state index in [1.807, 2.05) is 30.3 Å². The molecule has 0 N–H and O–H groups in total. The zero-order valence-corrected chi connectivity index (χ0v) is 11.0. The smallest absolute Gasteiger partial charge is 0.0622 e. The van der Waals surface area contributed by atoms with Crippen molar-refractivity contribution in [2.24, 2.45) is 0 Å². The van der Waals surface area contributed by atoms with Crippen molar-refractivity contribution in [1.82, 2.24) is 0 Å². The van der Waals surface area contributed by atoms with Gasteiger partial charge in [0.2, 0.25) is 0 Å². The van der Waals surface area contributed by atoms with Gasteiger partial charge in [0.15, 0.2) is 0 Å². The molecule has 0 saturated carbocycles. The quantitative estimate of drug-likeness (QED) is 0.553. The zero-order chi connectivity index (χ0) is 17.6. The van der Waals surface area contributed by atoms with E-state index in [4.69, 9.17) is 6.85 Å². The Balaban J connectivity index is 2.47.